The van der Waals surface area contributed by atoms with Crippen LogP contribution in [0.5, 0.6) is 5.75 Å². The Morgan fingerprint density at radius 2 is 2.00 bits per heavy atom. The molecule has 33 heavy (non-hydrogen) atoms. The van der Waals surface area contributed by atoms with Crippen molar-refractivity contribution in [1.29, 1.82) is 0 Å². The van der Waals surface area contributed by atoms with Gasteiger partial charge in [-0.1, -0.05) is 12.1 Å². The van der Waals surface area contributed by atoms with Gasteiger partial charge in [0, 0.05) is 30.9 Å². The number of aromatic nitrogens is 2. The number of urea groups is 1. The molecule has 1 atom stereocenters. The van der Waals surface area contributed by atoms with Crippen molar-refractivity contribution in [2.24, 2.45) is 0 Å². The van der Waals surface area contributed by atoms with Gasteiger partial charge in [-0.2, -0.15) is 0 Å². The quantitative estimate of drug-likeness (QED) is 0.570. The van der Waals surface area contributed by atoms with E-state index in [1.807, 2.05) is 0 Å². The number of pyridine rings is 2. The second-order valence-corrected chi connectivity index (χ2v) is 7.66. The summed E-state index contributed by atoms with van der Waals surface area (Å²) < 4.78 is 55.4. The van der Waals surface area contributed by atoms with Crippen molar-refractivity contribution < 1.29 is 27.1 Å². The third-order valence-corrected chi connectivity index (χ3v) is 5.49. The zero-order valence-corrected chi connectivity index (χ0v) is 17.0. The molecule has 4 heterocycles. The molecule has 0 unspecified atom stereocenters. The molecule has 1 aromatic carbocycles. The highest BCUT2D eigenvalue weighted by Gasteiger charge is 2.40. The summed E-state index contributed by atoms with van der Waals surface area (Å²) >= 11 is 0. The molecule has 0 aliphatic carbocycles. The fraction of sp³-hybridized carbons (Fsp3) is 0.227. The Morgan fingerprint density at radius 1 is 1.15 bits per heavy atom. The van der Waals surface area contributed by atoms with Gasteiger partial charge >= 0.3 is 12.4 Å². The lowest BCUT2D eigenvalue weighted by Gasteiger charge is -2.35. The Kier molecular flexibility index (Phi) is 5.03. The molecule has 3 aromatic rings. The summed E-state index contributed by atoms with van der Waals surface area (Å²) in [5.41, 5.74) is 1.52. The number of rotatable bonds is 3. The molecule has 1 saturated heterocycles. The van der Waals surface area contributed by atoms with E-state index < -0.39 is 18.2 Å². The Hall–Kier alpha value is -3.89. The summed E-state index contributed by atoms with van der Waals surface area (Å²) in [6, 6.07) is 10.6. The molecule has 5 rings (SSSR count). The van der Waals surface area contributed by atoms with E-state index in [0.717, 1.165) is 18.3 Å². The molecule has 1 fully saturated rings. The van der Waals surface area contributed by atoms with E-state index in [1.165, 1.54) is 35.4 Å². The van der Waals surface area contributed by atoms with Crippen molar-refractivity contribution in [3.05, 3.63) is 60.5 Å². The monoisotopic (exact) mass is 459 g/mol. The second-order valence-electron chi connectivity index (χ2n) is 7.66. The Labute approximate surface area is 185 Å². The maximum atomic E-state index is 13.5. The molecule has 11 heteroatoms. The largest absolute Gasteiger partial charge is 0.573 e. The minimum Gasteiger partial charge on any atom is -0.406 e. The molecule has 2 amide bonds. The molecule has 0 spiro atoms. The lowest BCUT2D eigenvalue weighted by Crippen LogP contribution is -2.48. The van der Waals surface area contributed by atoms with Crippen molar-refractivity contribution in [3.8, 4) is 17.0 Å². The molecular weight excluding hydrogens is 442 g/mol. The molecule has 1 N–H and O–H groups in total. The third kappa shape index (κ3) is 4.26. The van der Waals surface area contributed by atoms with Gasteiger partial charge in [-0.05, 0) is 36.8 Å². The van der Waals surface area contributed by atoms with Gasteiger partial charge in [0.1, 0.15) is 17.4 Å². The topological polar surface area (TPSA) is 70.6 Å². The van der Waals surface area contributed by atoms with Crippen molar-refractivity contribution >= 4 is 23.4 Å². The number of nitrogens with one attached hydrogen (secondary N) is 1. The highest BCUT2D eigenvalue weighted by atomic mass is 19.4. The molecule has 2 bridgehead atoms. The number of hydrogen-bond acceptors (Lipinski definition) is 5. The third-order valence-electron chi connectivity index (χ3n) is 5.49. The van der Waals surface area contributed by atoms with E-state index in [-0.39, 0.29) is 17.6 Å². The van der Waals surface area contributed by atoms with Crippen LogP contribution in [0, 0.1) is 5.82 Å². The highest BCUT2D eigenvalue weighted by Crippen LogP contribution is 2.40. The number of carbonyl (C=O) groups is 1. The maximum absolute atomic E-state index is 13.5. The smallest absolute Gasteiger partial charge is 0.406 e. The predicted octanol–water partition coefficient (Wildman–Crippen LogP) is 4.81. The molecule has 0 saturated carbocycles. The number of nitrogens with zero attached hydrogens (tertiary/aromatic N) is 4. The standard InChI is InChI=1S/C22H17F4N5O2/c23-14-6-8-27-19(11-14)29-21(32)31-15-7-9-30(12-15)18-5-4-17(28-20(18)31)13-2-1-3-16(10-13)33-22(24,25)26/h1-6,8,10-11,15H,7,9,12H2,(H,27,29,32)/t15-/m0/s1. The Balaban J connectivity index is 1.49. The molecule has 2 aliphatic rings. The van der Waals surface area contributed by atoms with Gasteiger partial charge in [0.05, 0.1) is 17.4 Å². The number of alkyl halides is 3. The van der Waals surface area contributed by atoms with E-state index >= 15 is 0 Å². The van der Waals surface area contributed by atoms with Crippen LogP contribution in [-0.2, 0) is 0 Å². The van der Waals surface area contributed by atoms with Crippen LogP contribution < -0.4 is 19.9 Å². The zero-order chi connectivity index (χ0) is 23.2. The maximum Gasteiger partial charge on any atom is 0.573 e. The Morgan fingerprint density at radius 3 is 2.79 bits per heavy atom. The number of benzene rings is 1. The van der Waals surface area contributed by atoms with Gasteiger partial charge in [-0.15, -0.1) is 13.2 Å². The SMILES string of the molecule is O=C(Nc1cc(F)ccn1)N1c2nc(-c3cccc(OC(F)(F)F)c3)ccc2N2CC[C@H]1C2. The number of fused-ring (bicyclic) bond motifs is 4. The Bertz CT molecular complexity index is 1220. The van der Waals surface area contributed by atoms with E-state index in [1.54, 1.807) is 18.2 Å². The average Bonchev–Trinajstić information content (AvgIpc) is 3.17. The number of anilines is 3. The minimum atomic E-state index is -4.81. The first-order valence-corrected chi connectivity index (χ1v) is 10.1. The number of ether oxygens (including phenoxy) is 1. The van der Waals surface area contributed by atoms with Crippen LogP contribution in [0.1, 0.15) is 6.42 Å². The molecular formula is C22H17F4N5O2. The van der Waals surface area contributed by atoms with Gasteiger partial charge in [0.2, 0.25) is 0 Å². The highest BCUT2D eigenvalue weighted by molar-refractivity contribution is 6.04. The molecule has 170 valence electrons. The summed E-state index contributed by atoms with van der Waals surface area (Å²) in [5.74, 6) is -0.463. The first-order valence-electron chi connectivity index (χ1n) is 10.1. The summed E-state index contributed by atoms with van der Waals surface area (Å²) in [6.45, 7) is 1.35. The van der Waals surface area contributed by atoms with Gasteiger partial charge < -0.3 is 9.64 Å². The number of amides is 2. The summed E-state index contributed by atoms with van der Waals surface area (Å²) in [7, 11) is 0. The molecule has 2 aromatic heterocycles. The van der Waals surface area contributed by atoms with E-state index in [4.69, 9.17) is 0 Å². The van der Waals surface area contributed by atoms with Crippen molar-refractivity contribution in [2.45, 2.75) is 18.8 Å². The van der Waals surface area contributed by atoms with E-state index in [2.05, 4.69) is 24.9 Å². The minimum absolute atomic E-state index is 0.0649. The second kappa shape index (κ2) is 7.91. The van der Waals surface area contributed by atoms with Crippen molar-refractivity contribution in [2.75, 3.05) is 28.2 Å². The van der Waals surface area contributed by atoms with Gasteiger partial charge in [-0.25, -0.2) is 19.2 Å². The van der Waals surface area contributed by atoms with Crippen LogP contribution in [0.3, 0.4) is 0 Å². The van der Waals surface area contributed by atoms with Crippen molar-refractivity contribution in [1.82, 2.24) is 9.97 Å². The first kappa shape index (κ1) is 21.0. The summed E-state index contributed by atoms with van der Waals surface area (Å²) in [4.78, 5) is 25.3. The predicted molar refractivity (Wildman–Crippen MR) is 113 cm³/mol. The van der Waals surface area contributed by atoms with Crippen LogP contribution in [-0.4, -0.2) is 41.5 Å². The molecule has 0 radical (unpaired) electrons. The van der Waals surface area contributed by atoms with E-state index in [0.29, 0.717) is 30.0 Å². The van der Waals surface area contributed by atoms with Crippen LogP contribution in [0.4, 0.5) is 39.7 Å². The first-order chi connectivity index (χ1) is 15.8. The van der Waals surface area contributed by atoms with Crippen LogP contribution in [0.25, 0.3) is 11.3 Å². The molecule has 7 nitrogen and oxygen atoms in total. The lowest BCUT2D eigenvalue weighted by atomic mass is 10.1. The number of hydrogen-bond donors (Lipinski definition) is 1. The molecule has 2 aliphatic heterocycles. The zero-order valence-electron chi connectivity index (χ0n) is 17.0. The van der Waals surface area contributed by atoms with Gasteiger partial charge in [0.15, 0.2) is 5.82 Å². The van der Waals surface area contributed by atoms with Crippen LogP contribution >= 0.6 is 0 Å². The fourth-order valence-electron chi connectivity index (χ4n) is 4.13. The van der Waals surface area contributed by atoms with Gasteiger partial charge in [0.25, 0.3) is 0 Å². The number of carbonyl (C=O) groups excluding carboxylic acids is 1. The van der Waals surface area contributed by atoms with E-state index in [9.17, 15) is 22.4 Å². The average molecular weight is 459 g/mol. The van der Waals surface area contributed by atoms with Crippen LogP contribution in [0.15, 0.2) is 54.7 Å². The van der Waals surface area contributed by atoms with Crippen molar-refractivity contribution in [3.63, 3.8) is 0 Å². The normalized spacial score (nSPS) is 17.0. The summed E-state index contributed by atoms with van der Waals surface area (Å²) in [5, 5.41) is 2.60. The lowest BCUT2D eigenvalue weighted by molar-refractivity contribution is -0.274. The fourth-order valence-corrected chi connectivity index (χ4v) is 4.13. The summed E-state index contributed by atoms with van der Waals surface area (Å²) in [6.07, 6.45) is -2.85. The van der Waals surface area contributed by atoms with Crippen LogP contribution in [0.2, 0.25) is 0 Å². The number of halogens is 4. The van der Waals surface area contributed by atoms with Gasteiger partial charge in [-0.3, -0.25) is 10.2 Å².